The fourth-order valence-electron chi connectivity index (χ4n) is 0.447. The van der Waals surface area contributed by atoms with Crippen LogP contribution in [-0.2, 0) is 9.59 Å². The first kappa shape index (κ1) is 20.5. The summed E-state index contributed by atoms with van der Waals surface area (Å²) in [5, 5.41) is 35.1. The van der Waals surface area contributed by atoms with Crippen LogP contribution in [0.2, 0.25) is 0 Å². The molecule has 0 unspecified atom stereocenters. The topological polar surface area (TPSA) is 121 Å². The number of aliphatic carboxylic acids is 2. The number of aliphatic hydroxyl groups excluding tert-OH is 2. The maximum absolute atomic E-state index is 9.54. The molecule has 0 aromatic rings. The Morgan fingerprint density at radius 1 is 0.867 bits per heavy atom. The fraction of sp³-hybridized carbons (Fsp3) is 0.750. The van der Waals surface area contributed by atoms with Crippen molar-refractivity contribution in [3.05, 3.63) is 0 Å². The quantitative estimate of drug-likeness (QED) is 0.472. The number of carboxylic acid groups (broad SMARTS) is 2. The molecule has 0 aliphatic carbocycles. The van der Waals surface area contributed by atoms with Gasteiger partial charge in [0.25, 0.3) is 0 Å². The molecule has 6 nitrogen and oxygen atoms in total. The average molecular weight is 246 g/mol. The molecule has 2 N–H and O–H groups in total. The van der Waals surface area contributed by atoms with Crippen molar-refractivity contribution in [2.75, 3.05) is 13.2 Å². The van der Waals surface area contributed by atoms with Crippen LogP contribution in [0.25, 0.3) is 0 Å². The molecular weight excluding hydrogens is 232 g/mol. The Morgan fingerprint density at radius 3 is 1.20 bits per heavy atom. The molecule has 0 atom stereocenters. The second kappa shape index (κ2) is 16.5. The number of rotatable bonds is 6. The Labute approximate surface area is 118 Å². The van der Waals surface area contributed by atoms with Gasteiger partial charge in [-0.15, -0.1) is 0 Å². The van der Waals surface area contributed by atoms with Crippen molar-refractivity contribution >= 4 is 49.7 Å². The number of carbonyl (C=O) groups excluding carboxylic acids is 2. The van der Waals surface area contributed by atoms with E-state index in [2.05, 4.69) is 0 Å². The molecule has 7 heteroatoms. The summed E-state index contributed by atoms with van der Waals surface area (Å²) in [6.07, 6.45) is 0.498. The minimum absolute atomic E-state index is 0. The van der Waals surface area contributed by atoms with Gasteiger partial charge in [-0.3, -0.25) is 0 Å². The summed E-state index contributed by atoms with van der Waals surface area (Å²) in [7, 11) is 0. The van der Waals surface area contributed by atoms with Crippen LogP contribution in [0.15, 0.2) is 0 Å². The van der Waals surface area contributed by atoms with E-state index in [1.807, 2.05) is 0 Å². The first-order valence-electron chi connectivity index (χ1n) is 4.16. The summed E-state index contributed by atoms with van der Waals surface area (Å²) in [6.45, 7) is -0.151. The zero-order valence-corrected chi connectivity index (χ0v) is 10.7. The van der Waals surface area contributed by atoms with Gasteiger partial charge in [-0.1, -0.05) is 0 Å². The van der Waals surface area contributed by atoms with E-state index >= 15 is 0 Å². The smallest absolute Gasteiger partial charge is 0.550 e. The maximum atomic E-state index is 9.54. The SMILES string of the molecule is O=C([O-])CCCO.O=C([O-])CCCO.[Ca+2]. The Morgan fingerprint density at radius 2 is 1.13 bits per heavy atom. The zero-order chi connectivity index (χ0) is 11.4. The molecule has 0 radical (unpaired) electrons. The first-order valence-corrected chi connectivity index (χ1v) is 4.16. The summed E-state index contributed by atoms with van der Waals surface area (Å²) in [4.78, 5) is 19.1. The third kappa shape index (κ3) is 31.5. The van der Waals surface area contributed by atoms with Crippen LogP contribution in [0.5, 0.6) is 0 Å². The second-order valence-electron chi connectivity index (χ2n) is 2.40. The normalized spacial score (nSPS) is 8.13. The van der Waals surface area contributed by atoms with Crippen molar-refractivity contribution in [2.24, 2.45) is 0 Å². The number of aliphatic hydroxyl groups is 2. The second-order valence-corrected chi connectivity index (χ2v) is 2.40. The fourth-order valence-corrected chi connectivity index (χ4v) is 0.447. The number of carboxylic acids is 2. The van der Waals surface area contributed by atoms with E-state index in [1.165, 1.54) is 0 Å². The van der Waals surface area contributed by atoms with Crippen molar-refractivity contribution in [1.82, 2.24) is 0 Å². The van der Waals surface area contributed by atoms with Crippen LogP contribution >= 0.6 is 0 Å². The van der Waals surface area contributed by atoms with Crippen molar-refractivity contribution in [2.45, 2.75) is 25.7 Å². The van der Waals surface area contributed by atoms with Gasteiger partial charge < -0.3 is 30.0 Å². The molecule has 0 spiro atoms. The molecule has 0 bridgehead atoms. The van der Waals surface area contributed by atoms with Crippen LogP contribution in [0, 0.1) is 0 Å². The van der Waals surface area contributed by atoms with E-state index in [1.54, 1.807) is 0 Å². The molecule has 0 saturated heterocycles. The van der Waals surface area contributed by atoms with Crippen molar-refractivity contribution in [3.8, 4) is 0 Å². The molecule has 0 rings (SSSR count). The Kier molecular flexibility index (Phi) is 22.6. The monoisotopic (exact) mass is 246 g/mol. The minimum Gasteiger partial charge on any atom is -0.550 e. The van der Waals surface area contributed by atoms with Gasteiger partial charge in [0, 0.05) is 25.2 Å². The predicted molar refractivity (Wildman–Crippen MR) is 48.4 cm³/mol. The van der Waals surface area contributed by atoms with Crippen LogP contribution < -0.4 is 10.2 Å². The van der Waals surface area contributed by atoms with Crippen molar-refractivity contribution < 1.29 is 30.0 Å². The molecule has 84 valence electrons. The van der Waals surface area contributed by atoms with Crippen LogP contribution in [0.1, 0.15) is 25.7 Å². The molecule has 0 aromatic heterocycles. The van der Waals surface area contributed by atoms with Crippen molar-refractivity contribution in [1.29, 1.82) is 0 Å². The van der Waals surface area contributed by atoms with Crippen LogP contribution in [-0.4, -0.2) is 73.1 Å². The van der Waals surface area contributed by atoms with Gasteiger partial charge in [0.15, 0.2) is 0 Å². The molecule has 0 aromatic carbocycles. The number of hydrogen-bond acceptors (Lipinski definition) is 6. The van der Waals surface area contributed by atoms with Gasteiger partial charge in [-0.05, 0) is 25.7 Å². The summed E-state index contributed by atoms with van der Waals surface area (Å²) >= 11 is 0. The van der Waals surface area contributed by atoms with Gasteiger partial charge in [0.1, 0.15) is 0 Å². The Bertz CT molecular complexity index is 143. The van der Waals surface area contributed by atoms with Gasteiger partial charge >= 0.3 is 37.7 Å². The van der Waals surface area contributed by atoms with E-state index in [0.717, 1.165) is 0 Å². The third-order valence-electron chi connectivity index (χ3n) is 1.08. The third-order valence-corrected chi connectivity index (χ3v) is 1.08. The van der Waals surface area contributed by atoms with Gasteiger partial charge in [-0.2, -0.15) is 0 Å². The van der Waals surface area contributed by atoms with E-state index < -0.39 is 11.9 Å². The van der Waals surface area contributed by atoms with Gasteiger partial charge in [-0.25, -0.2) is 0 Å². The van der Waals surface area contributed by atoms with E-state index in [0.29, 0.717) is 12.8 Å². The largest absolute Gasteiger partial charge is 2.00 e. The van der Waals surface area contributed by atoms with Gasteiger partial charge in [0.05, 0.1) is 0 Å². The Balaban J connectivity index is -0.000000180. The standard InChI is InChI=1S/2C4H8O3.Ca/c2*5-3-1-2-4(6)7;/h2*5H,1-3H2,(H,6,7);/q;;+2/p-2. The zero-order valence-electron chi connectivity index (χ0n) is 8.48. The molecule has 0 heterocycles. The summed E-state index contributed by atoms with van der Waals surface area (Å²) < 4.78 is 0. The molecule has 0 saturated carbocycles. The van der Waals surface area contributed by atoms with E-state index in [4.69, 9.17) is 10.2 Å². The summed E-state index contributed by atoms with van der Waals surface area (Å²) in [5.41, 5.74) is 0. The Hall–Kier alpha value is 0.120. The predicted octanol–water partition coefficient (Wildman–Crippen LogP) is -3.36. The number of carbonyl (C=O) groups is 2. The molecular formula is C8H14CaO6. The number of hydrogen-bond donors (Lipinski definition) is 2. The summed E-state index contributed by atoms with van der Waals surface area (Å²) in [5.74, 6) is -2.21. The van der Waals surface area contributed by atoms with Crippen LogP contribution in [0.4, 0.5) is 0 Å². The molecule has 15 heavy (non-hydrogen) atoms. The van der Waals surface area contributed by atoms with E-state index in [-0.39, 0.29) is 63.8 Å². The average Bonchev–Trinajstić information content (AvgIpc) is 2.12. The van der Waals surface area contributed by atoms with Crippen LogP contribution in [0.3, 0.4) is 0 Å². The maximum Gasteiger partial charge on any atom is 2.00 e. The molecule has 0 fully saturated rings. The van der Waals surface area contributed by atoms with E-state index in [9.17, 15) is 19.8 Å². The van der Waals surface area contributed by atoms with Gasteiger partial charge in [0.2, 0.25) is 0 Å². The first-order chi connectivity index (χ1) is 6.54. The molecule has 0 amide bonds. The molecule has 0 aliphatic heterocycles. The summed E-state index contributed by atoms with van der Waals surface area (Å²) in [6, 6.07) is 0. The van der Waals surface area contributed by atoms with Crippen molar-refractivity contribution in [3.63, 3.8) is 0 Å². The molecule has 0 aliphatic rings. The minimum atomic E-state index is -1.10.